The summed E-state index contributed by atoms with van der Waals surface area (Å²) in [6.45, 7) is 1.56. The van der Waals surface area contributed by atoms with Gasteiger partial charge in [-0.15, -0.1) is 0 Å². The first-order valence-corrected chi connectivity index (χ1v) is 7.67. The summed E-state index contributed by atoms with van der Waals surface area (Å²) in [6.07, 6.45) is 1.53. The number of aliphatic imine (C=N–C) groups is 1. The Balaban J connectivity index is 1.96. The molecule has 0 spiro atoms. The molecule has 6 N–H and O–H groups in total. The average Bonchev–Trinajstić information content (AvgIpc) is 2.61. The molecular weight excluding hydrogens is 316 g/mol. The molecule has 0 amide bonds. The van der Waals surface area contributed by atoms with Gasteiger partial charge in [0, 0.05) is 22.6 Å². The van der Waals surface area contributed by atoms with Gasteiger partial charge in [-0.1, -0.05) is 0 Å². The number of aliphatic hydroxyl groups excluding tert-OH is 1. The van der Waals surface area contributed by atoms with Crippen LogP contribution >= 0.6 is 0 Å². The minimum Gasteiger partial charge on any atom is -0.505 e. The third kappa shape index (κ3) is 3.53. The molecule has 0 saturated heterocycles. The van der Waals surface area contributed by atoms with Crippen LogP contribution in [-0.2, 0) is 4.79 Å². The molecule has 0 heterocycles. The van der Waals surface area contributed by atoms with Gasteiger partial charge in [-0.05, 0) is 61.5 Å². The van der Waals surface area contributed by atoms with E-state index < -0.39 is 0 Å². The third-order valence-corrected chi connectivity index (χ3v) is 3.80. The number of carbonyl (C=O) groups excluding carboxylic acids is 1. The van der Waals surface area contributed by atoms with Crippen LogP contribution in [0.25, 0.3) is 0 Å². The van der Waals surface area contributed by atoms with Crippen LogP contribution in [0.5, 0.6) is 0 Å². The molecule has 0 aliphatic heterocycles. The van der Waals surface area contributed by atoms with E-state index in [0.29, 0.717) is 28.5 Å². The van der Waals surface area contributed by atoms with Gasteiger partial charge in [-0.25, -0.2) is 4.99 Å². The number of allylic oxidation sites excluding steroid dienone is 2. The summed E-state index contributed by atoms with van der Waals surface area (Å²) in [6, 6.07) is 13.9. The van der Waals surface area contributed by atoms with E-state index in [1.54, 1.807) is 55.5 Å². The van der Waals surface area contributed by atoms with Gasteiger partial charge >= 0.3 is 0 Å². The number of hydrogen-bond acceptors (Lipinski definition) is 6. The first-order valence-electron chi connectivity index (χ1n) is 7.67. The number of Topliss-reactive ketones (excluding diaryl/α,β-unsaturated/α-hetero) is 1. The Morgan fingerprint density at radius 2 is 1.52 bits per heavy atom. The van der Waals surface area contributed by atoms with Crippen LogP contribution in [0, 0.1) is 0 Å². The van der Waals surface area contributed by atoms with Gasteiger partial charge in [-0.3, -0.25) is 4.79 Å². The number of anilines is 3. The number of nitrogens with two attached hydrogens (primary N) is 2. The second-order valence-corrected chi connectivity index (χ2v) is 5.70. The van der Waals surface area contributed by atoms with E-state index in [2.05, 4.69) is 10.3 Å². The fraction of sp³-hybridized carbons (Fsp3) is 0.0526. The van der Waals surface area contributed by atoms with Crippen LogP contribution in [-0.4, -0.2) is 16.6 Å². The van der Waals surface area contributed by atoms with Crippen LogP contribution in [0.15, 0.2) is 76.6 Å². The number of ketones is 1. The Bertz CT molecular complexity index is 907. The smallest absolute Gasteiger partial charge is 0.208 e. The number of hydrogen-bond donors (Lipinski definition) is 4. The predicted molar refractivity (Wildman–Crippen MR) is 101 cm³/mol. The van der Waals surface area contributed by atoms with E-state index >= 15 is 0 Å². The monoisotopic (exact) mass is 334 g/mol. The molecule has 6 nitrogen and oxygen atoms in total. The van der Waals surface area contributed by atoms with Gasteiger partial charge in [0.25, 0.3) is 0 Å². The van der Waals surface area contributed by atoms with Crippen LogP contribution in [0.3, 0.4) is 0 Å². The molecule has 3 rings (SSSR count). The van der Waals surface area contributed by atoms with Crippen molar-refractivity contribution < 1.29 is 9.90 Å². The summed E-state index contributed by atoms with van der Waals surface area (Å²) < 4.78 is 0. The van der Waals surface area contributed by atoms with Crippen molar-refractivity contribution in [2.24, 2.45) is 4.99 Å². The van der Waals surface area contributed by atoms with Crippen molar-refractivity contribution in [3.05, 3.63) is 71.6 Å². The number of nitrogens with zero attached hydrogens (tertiary/aromatic N) is 1. The van der Waals surface area contributed by atoms with Crippen molar-refractivity contribution in [3.63, 3.8) is 0 Å². The Kier molecular flexibility index (Phi) is 4.26. The maximum atomic E-state index is 12.4. The van der Waals surface area contributed by atoms with Crippen LogP contribution < -0.4 is 16.8 Å². The molecule has 0 bridgehead atoms. The molecule has 2 aromatic rings. The molecule has 0 fully saturated rings. The second kappa shape index (κ2) is 6.52. The van der Waals surface area contributed by atoms with E-state index in [4.69, 9.17) is 11.5 Å². The second-order valence-electron chi connectivity index (χ2n) is 5.70. The Morgan fingerprint density at radius 3 is 2.12 bits per heavy atom. The topological polar surface area (TPSA) is 114 Å². The van der Waals surface area contributed by atoms with Crippen molar-refractivity contribution in [2.45, 2.75) is 6.92 Å². The zero-order valence-electron chi connectivity index (χ0n) is 13.7. The van der Waals surface area contributed by atoms with Crippen LogP contribution in [0.4, 0.5) is 22.7 Å². The van der Waals surface area contributed by atoms with E-state index in [-0.39, 0.29) is 17.1 Å². The number of nitrogens with one attached hydrogen (secondary N) is 1. The highest BCUT2D eigenvalue weighted by Crippen LogP contribution is 2.23. The number of rotatable bonds is 3. The summed E-state index contributed by atoms with van der Waals surface area (Å²) in [5, 5.41) is 13.3. The molecule has 126 valence electrons. The highest BCUT2D eigenvalue weighted by molar-refractivity contribution is 6.24. The molecular formula is C19H18N4O2. The quantitative estimate of drug-likeness (QED) is 0.508. The zero-order valence-corrected chi connectivity index (χ0v) is 13.7. The van der Waals surface area contributed by atoms with E-state index in [9.17, 15) is 9.90 Å². The lowest BCUT2D eigenvalue weighted by atomic mass is 9.99. The molecule has 2 aromatic carbocycles. The molecule has 0 aromatic heterocycles. The molecule has 0 atom stereocenters. The summed E-state index contributed by atoms with van der Waals surface area (Å²) >= 11 is 0. The molecule has 1 aliphatic carbocycles. The van der Waals surface area contributed by atoms with E-state index in [1.165, 1.54) is 6.08 Å². The zero-order chi connectivity index (χ0) is 18.0. The fourth-order valence-electron chi connectivity index (χ4n) is 2.36. The normalized spacial score (nSPS) is 16.1. The Labute approximate surface area is 145 Å². The Hall–Kier alpha value is -3.54. The summed E-state index contributed by atoms with van der Waals surface area (Å²) in [7, 11) is 0. The van der Waals surface area contributed by atoms with Gasteiger partial charge in [-0.2, -0.15) is 0 Å². The summed E-state index contributed by atoms with van der Waals surface area (Å²) in [5.41, 5.74) is 14.8. The molecule has 6 heteroatoms. The number of nitrogen functional groups attached to an aromatic ring is 2. The SMILES string of the molecule is CC1=C(O)/C(=N\c2ccc(N)cc2)C=C(Nc2ccc(N)cc2)C1=O. The highest BCUT2D eigenvalue weighted by Gasteiger charge is 2.24. The van der Waals surface area contributed by atoms with Gasteiger partial charge < -0.3 is 21.9 Å². The lowest BCUT2D eigenvalue weighted by molar-refractivity contribution is -0.112. The third-order valence-electron chi connectivity index (χ3n) is 3.80. The summed E-state index contributed by atoms with van der Waals surface area (Å²) in [5.74, 6) is -0.421. The first-order chi connectivity index (χ1) is 11.9. The number of benzene rings is 2. The minimum atomic E-state index is -0.286. The van der Waals surface area contributed by atoms with Crippen molar-refractivity contribution in [2.75, 3.05) is 16.8 Å². The van der Waals surface area contributed by atoms with Crippen molar-refractivity contribution in [1.82, 2.24) is 0 Å². The number of carbonyl (C=O) groups is 1. The van der Waals surface area contributed by atoms with E-state index in [1.807, 2.05) is 0 Å². The minimum absolute atomic E-state index is 0.135. The average molecular weight is 334 g/mol. The maximum Gasteiger partial charge on any atom is 0.208 e. The molecule has 0 unspecified atom stereocenters. The highest BCUT2D eigenvalue weighted by atomic mass is 16.3. The largest absolute Gasteiger partial charge is 0.505 e. The molecule has 0 radical (unpaired) electrons. The van der Waals surface area contributed by atoms with Gasteiger partial charge in [0.15, 0.2) is 0 Å². The van der Waals surface area contributed by atoms with Crippen molar-refractivity contribution in [1.29, 1.82) is 0 Å². The van der Waals surface area contributed by atoms with Crippen LogP contribution in [0.2, 0.25) is 0 Å². The van der Waals surface area contributed by atoms with Gasteiger partial charge in [0.1, 0.15) is 11.5 Å². The maximum absolute atomic E-state index is 12.4. The van der Waals surface area contributed by atoms with Gasteiger partial charge in [0.05, 0.1) is 11.4 Å². The lowest BCUT2D eigenvalue weighted by Crippen LogP contribution is -2.22. The van der Waals surface area contributed by atoms with Gasteiger partial charge in [0.2, 0.25) is 5.78 Å². The molecule has 1 aliphatic rings. The Morgan fingerprint density at radius 1 is 0.960 bits per heavy atom. The fourth-order valence-corrected chi connectivity index (χ4v) is 2.36. The van der Waals surface area contributed by atoms with Crippen molar-refractivity contribution >= 4 is 34.2 Å². The predicted octanol–water partition coefficient (Wildman–Crippen LogP) is 3.33. The lowest BCUT2D eigenvalue weighted by Gasteiger charge is -2.17. The standard InChI is InChI=1S/C19H18N4O2/c1-11-18(24)16(22-14-6-2-12(20)3-7-14)10-17(19(11)25)23-15-8-4-13(21)5-9-15/h2-10,22,25H,20-21H2,1H3/b23-17-. The van der Waals surface area contributed by atoms with Crippen molar-refractivity contribution in [3.8, 4) is 0 Å². The summed E-state index contributed by atoms with van der Waals surface area (Å²) in [4.78, 5) is 16.8. The first kappa shape index (κ1) is 16.3. The number of aliphatic hydroxyl groups is 1. The van der Waals surface area contributed by atoms with E-state index in [0.717, 1.165) is 5.69 Å². The van der Waals surface area contributed by atoms with Crippen LogP contribution in [0.1, 0.15) is 6.92 Å². The molecule has 25 heavy (non-hydrogen) atoms. The molecule has 0 saturated carbocycles.